The molecule has 0 spiro atoms. The zero-order valence-electron chi connectivity index (χ0n) is 15.4. The first kappa shape index (κ1) is 16.6. The van der Waals surface area contributed by atoms with Crippen LogP contribution in [0.3, 0.4) is 0 Å². The van der Waals surface area contributed by atoms with Crippen molar-refractivity contribution in [3.8, 4) is 0 Å². The summed E-state index contributed by atoms with van der Waals surface area (Å²) in [5.41, 5.74) is 5.08. The lowest BCUT2D eigenvalue weighted by molar-refractivity contribution is 0.0963. The van der Waals surface area contributed by atoms with Crippen molar-refractivity contribution in [2.75, 3.05) is 0 Å². The molecule has 0 bridgehead atoms. The van der Waals surface area contributed by atoms with Crippen LogP contribution < -0.4 is 0 Å². The number of rotatable bonds is 2. The zero-order chi connectivity index (χ0) is 16.7. The number of aliphatic hydroxyl groups excluding tert-OH is 1. The van der Waals surface area contributed by atoms with Gasteiger partial charge in [-0.2, -0.15) is 0 Å². The second-order valence-electron chi connectivity index (χ2n) is 9.27. The molecule has 2 heteroatoms. The van der Waals surface area contributed by atoms with E-state index in [0.717, 1.165) is 12.8 Å². The molecule has 24 heavy (non-hydrogen) atoms. The fourth-order valence-electron chi connectivity index (χ4n) is 5.36. The molecule has 1 aromatic rings. The summed E-state index contributed by atoms with van der Waals surface area (Å²) in [6, 6.07) is 3.77. The molecule has 2 saturated carbocycles. The van der Waals surface area contributed by atoms with E-state index in [4.69, 9.17) is 4.98 Å². The summed E-state index contributed by atoms with van der Waals surface area (Å²) in [5.74, 6) is 1.21. The normalized spacial score (nSPS) is 28.0. The molecular formula is C22H32NO. The van der Waals surface area contributed by atoms with Gasteiger partial charge in [0.15, 0.2) is 0 Å². The van der Waals surface area contributed by atoms with Crippen LogP contribution >= 0.6 is 0 Å². The Morgan fingerprint density at radius 2 is 1.58 bits per heavy atom. The monoisotopic (exact) mass is 326 g/mol. The highest BCUT2D eigenvalue weighted by Crippen LogP contribution is 2.46. The maximum atomic E-state index is 10.9. The second kappa shape index (κ2) is 6.44. The van der Waals surface area contributed by atoms with E-state index in [2.05, 4.69) is 19.9 Å². The largest absolute Gasteiger partial charge is 0.388 e. The highest BCUT2D eigenvalue weighted by atomic mass is 16.3. The van der Waals surface area contributed by atoms with Crippen molar-refractivity contribution in [1.82, 2.24) is 4.98 Å². The van der Waals surface area contributed by atoms with Gasteiger partial charge in [-0.25, -0.2) is 0 Å². The van der Waals surface area contributed by atoms with Gasteiger partial charge < -0.3 is 5.11 Å². The molecule has 3 aliphatic rings. The third kappa shape index (κ3) is 3.14. The average molecular weight is 327 g/mol. The lowest BCUT2D eigenvalue weighted by Gasteiger charge is -2.37. The molecule has 0 aromatic carbocycles. The number of aliphatic hydroxyl groups is 1. The van der Waals surface area contributed by atoms with Gasteiger partial charge in [0.25, 0.3) is 0 Å². The maximum absolute atomic E-state index is 10.9. The van der Waals surface area contributed by atoms with Crippen LogP contribution in [0.15, 0.2) is 0 Å². The molecule has 1 radical (unpaired) electrons. The van der Waals surface area contributed by atoms with Crippen molar-refractivity contribution in [2.24, 2.45) is 5.41 Å². The molecule has 0 amide bonds. The smallest absolute Gasteiger partial charge is 0.0815 e. The summed E-state index contributed by atoms with van der Waals surface area (Å²) in [6.07, 6.45) is 13.3. The molecular weight excluding hydrogens is 294 g/mol. The van der Waals surface area contributed by atoms with Crippen LogP contribution in [0.5, 0.6) is 0 Å². The molecule has 1 heterocycles. The number of hydrogen-bond donors (Lipinski definition) is 1. The van der Waals surface area contributed by atoms with Crippen molar-refractivity contribution in [3.05, 3.63) is 28.6 Å². The highest BCUT2D eigenvalue weighted by molar-refractivity contribution is 5.40. The minimum Gasteiger partial charge on any atom is -0.388 e. The van der Waals surface area contributed by atoms with Crippen LogP contribution in [0, 0.1) is 11.5 Å². The van der Waals surface area contributed by atoms with Crippen molar-refractivity contribution in [1.29, 1.82) is 0 Å². The molecule has 1 unspecified atom stereocenters. The SMILES string of the molecule is CC1(C)Cc2nc(C3CCCC3)[c]c(C3CCCCC3)c2C(O)C1. The second-order valence-corrected chi connectivity index (χ2v) is 9.27. The van der Waals surface area contributed by atoms with Gasteiger partial charge in [0.05, 0.1) is 11.8 Å². The molecule has 0 aliphatic heterocycles. The summed E-state index contributed by atoms with van der Waals surface area (Å²) in [7, 11) is 0. The van der Waals surface area contributed by atoms with Crippen LogP contribution in [0.2, 0.25) is 0 Å². The van der Waals surface area contributed by atoms with Gasteiger partial charge >= 0.3 is 0 Å². The van der Waals surface area contributed by atoms with Gasteiger partial charge in [0.2, 0.25) is 0 Å². The molecule has 4 rings (SSSR count). The molecule has 1 aromatic heterocycles. The van der Waals surface area contributed by atoms with Crippen LogP contribution in [0.4, 0.5) is 0 Å². The fourth-order valence-corrected chi connectivity index (χ4v) is 5.36. The lowest BCUT2D eigenvalue weighted by Crippen LogP contribution is -2.29. The van der Waals surface area contributed by atoms with E-state index in [1.54, 1.807) is 0 Å². The Hall–Kier alpha value is -0.890. The van der Waals surface area contributed by atoms with Gasteiger partial charge in [-0.3, -0.25) is 4.98 Å². The molecule has 0 saturated heterocycles. The summed E-state index contributed by atoms with van der Waals surface area (Å²) < 4.78 is 0. The van der Waals surface area contributed by atoms with Crippen molar-refractivity contribution >= 4 is 0 Å². The third-order valence-corrected chi connectivity index (χ3v) is 6.60. The summed E-state index contributed by atoms with van der Waals surface area (Å²) in [4.78, 5) is 5.08. The van der Waals surface area contributed by atoms with Crippen molar-refractivity contribution in [3.63, 3.8) is 0 Å². The Bertz CT molecular complexity index is 594. The maximum Gasteiger partial charge on any atom is 0.0815 e. The molecule has 1 N–H and O–H groups in total. The molecule has 131 valence electrons. The van der Waals surface area contributed by atoms with Crippen molar-refractivity contribution in [2.45, 2.75) is 102 Å². The zero-order valence-corrected chi connectivity index (χ0v) is 15.4. The molecule has 1 atom stereocenters. The van der Waals surface area contributed by atoms with E-state index in [1.165, 1.54) is 80.3 Å². The fraction of sp³-hybridized carbons (Fsp3) is 0.773. The average Bonchev–Trinajstić information content (AvgIpc) is 3.07. The standard InChI is InChI=1S/C22H32NO/c1-22(2)13-19-21(20(24)14-22)17(15-8-4-3-5-9-15)12-18(23-19)16-10-6-7-11-16/h15-16,20,24H,3-11,13-14H2,1-2H3. The first-order valence-electron chi connectivity index (χ1n) is 10.2. The minimum atomic E-state index is -0.345. The minimum absolute atomic E-state index is 0.150. The number of hydrogen-bond acceptors (Lipinski definition) is 2. The Kier molecular flexibility index (Phi) is 4.45. The van der Waals surface area contributed by atoms with Crippen LogP contribution in [-0.4, -0.2) is 10.1 Å². The Balaban J connectivity index is 1.79. The summed E-state index contributed by atoms with van der Waals surface area (Å²) in [5, 5.41) is 10.9. The van der Waals surface area contributed by atoms with Gasteiger partial charge in [0, 0.05) is 23.2 Å². The number of pyridine rings is 1. The lowest BCUT2D eigenvalue weighted by atomic mass is 9.71. The van der Waals surface area contributed by atoms with Gasteiger partial charge in [0.1, 0.15) is 0 Å². The van der Waals surface area contributed by atoms with E-state index in [0.29, 0.717) is 11.8 Å². The van der Waals surface area contributed by atoms with E-state index < -0.39 is 0 Å². The van der Waals surface area contributed by atoms with E-state index in [-0.39, 0.29) is 11.5 Å². The van der Waals surface area contributed by atoms with Gasteiger partial charge in [-0.05, 0) is 55.4 Å². The third-order valence-electron chi connectivity index (χ3n) is 6.60. The Labute approximate surface area is 147 Å². The summed E-state index contributed by atoms with van der Waals surface area (Å²) in [6.45, 7) is 4.54. The van der Waals surface area contributed by atoms with Crippen LogP contribution in [0.25, 0.3) is 0 Å². The Morgan fingerprint density at radius 3 is 2.29 bits per heavy atom. The predicted octanol–water partition coefficient (Wildman–Crippen LogP) is 5.59. The first-order chi connectivity index (χ1) is 11.5. The van der Waals surface area contributed by atoms with Gasteiger partial charge in [-0.15, -0.1) is 0 Å². The predicted molar refractivity (Wildman–Crippen MR) is 97.2 cm³/mol. The van der Waals surface area contributed by atoms with Gasteiger partial charge in [-0.1, -0.05) is 46.0 Å². The van der Waals surface area contributed by atoms with Crippen LogP contribution in [-0.2, 0) is 6.42 Å². The quantitative estimate of drug-likeness (QED) is 0.768. The van der Waals surface area contributed by atoms with Crippen LogP contribution in [0.1, 0.15) is 119 Å². The number of nitrogens with zero attached hydrogens (tertiary/aromatic N) is 1. The molecule has 2 nitrogen and oxygen atoms in total. The van der Waals surface area contributed by atoms with E-state index in [9.17, 15) is 5.11 Å². The first-order valence-corrected chi connectivity index (χ1v) is 10.2. The van der Waals surface area contributed by atoms with E-state index in [1.807, 2.05) is 0 Å². The van der Waals surface area contributed by atoms with E-state index >= 15 is 0 Å². The number of fused-ring (bicyclic) bond motifs is 1. The van der Waals surface area contributed by atoms with Crippen molar-refractivity contribution < 1.29 is 5.11 Å². The molecule has 2 fully saturated rings. The highest BCUT2D eigenvalue weighted by Gasteiger charge is 2.36. The molecule has 3 aliphatic carbocycles. The topological polar surface area (TPSA) is 33.1 Å². The Morgan fingerprint density at radius 1 is 0.958 bits per heavy atom. The number of aromatic nitrogens is 1. The summed E-state index contributed by atoms with van der Waals surface area (Å²) >= 11 is 0.